The highest BCUT2D eigenvalue weighted by molar-refractivity contribution is 5.83. The Kier molecular flexibility index (Phi) is 25.1. The van der Waals surface area contributed by atoms with Crippen LogP contribution in [0.4, 0.5) is 4.39 Å². The lowest BCUT2D eigenvalue weighted by atomic mass is 10.1. The lowest BCUT2D eigenvalue weighted by Crippen LogP contribution is -2.35. The van der Waals surface area contributed by atoms with E-state index in [4.69, 9.17) is 29.5 Å². The number of carbonyl (C=O) groups excluding carboxylic acids is 1. The third-order valence-corrected chi connectivity index (χ3v) is 3.33. The average molecular weight is 531 g/mol. The second-order valence-electron chi connectivity index (χ2n) is 8.99. The molecule has 11 nitrogen and oxygen atoms in total. The van der Waals surface area contributed by atoms with E-state index in [0.29, 0.717) is 0 Å². The molecule has 216 valence electrons. The van der Waals surface area contributed by atoms with Crippen LogP contribution in [0.2, 0.25) is 0 Å². The molecule has 3 N–H and O–H groups in total. The highest BCUT2D eigenvalue weighted by atomic mass is 19.1. The van der Waals surface area contributed by atoms with Crippen molar-refractivity contribution >= 4 is 23.7 Å². The minimum Gasteiger partial charge on any atom is -0.480 e. The van der Waals surface area contributed by atoms with Gasteiger partial charge in [0.1, 0.15) is 12.2 Å². The van der Waals surface area contributed by atoms with E-state index >= 15 is 0 Å². The number of halogens is 1. The van der Waals surface area contributed by atoms with Crippen LogP contribution in [-0.2, 0) is 38.1 Å². The standard InChI is InChI=1S/C8H16O2.C6H12O3.C5H9FO3.C5H10O3/c1-6(2)10-8(4,5)7(3)9;1-4(2)9-5(3)6(7)8;1-3(2)9-4(6)5(7)8;1-4(2)8-3-5(6)7/h6H,1-5H3;4-5H,1-3H3,(H,7,8);3-4H,1-2H3,(H,7,8);4H,3H2,1-2H3,(H,6,7). The summed E-state index contributed by atoms with van der Waals surface area (Å²) in [5.41, 5.74) is -0.617. The topological polar surface area (TPSA) is 166 Å². The molecule has 0 aromatic heterocycles. The molecule has 0 aliphatic carbocycles. The Morgan fingerprint density at radius 3 is 1.25 bits per heavy atom. The van der Waals surface area contributed by atoms with Crippen LogP contribution in [0.25, 0.3) is 0 Å². The van der Waals surface area contributed by atoms with Crippen molar-refractivity contribution in [3.05, 3.63) is 0 Å². The molecule has 36 heavy (non-hydrogen) atoms. The fourth-order valence-corrected chi connectivity index (χ4v) is 1.67. The quantitative estimate of drug-likeness (QED) is 0.334. The number of Topliss-reactive ketones (excluding diaryl/α,β-unsaturated/α-hetero) is 1. The van der Waals surface area contributed by atoms with E-state index in [1.807, 2.05) is 13.8 Å². The number of carboxylic acids is 3. The molecule has 12 heteroatoms. The number of carboxylic acid groups (broad SMARTS) is 3. The molecule has 0 rings (SSSR count). The van der Waals surface area contributed by atoms with Crippen molar-refractivity contribution in [3.8, 4) is 0 Å². The van der Waals surface area contributed by atoms with Crippen LogP contribution in [-0.4, -0.2) is 88.1 Å². The Bertz CT molecular complexity index is 591. The molecule has 0 aromatic rings. The van der Waals surface area contributed by atoms with Gasteiger partial charge in [0.05, 0.1) is 24.4 Å². The summed E-state index contributed by atoms with van der Waals surface area (Å²) in [5, 5.41) is 24.3. The zero-order valence-corrected chi connectivity index (χ0v) is 23.7. The third-order valence-electron chi connectivity index (χ3n) is 3.33. The first-order valence-electron chi connectivity index (χ1n) is 11.5. The number of hydrogen-bond acceptors (Lipinski definition) is 8. The average Bonchev–Trinajstić information content (AvgIpc) is 2.65. The van der Waals surface area contributed by atoms with Gasteiger partial charge >= 0.3 is 17.9 Å². The third kappa shape index (κ3) is 34.0. The van der Waals surface area contributed by atoms with Crippen molar-refractivity contribution in [3.63, 3.8) is 0 Å². The molecule has 0 bridgehead atoms. The minimum absolute atomic E-state index is 0.00565. The number of alkyl halides is 1. The lowest BCUT2D eigenvalue weighted by Gasteiger charge is -2.24. The van der Waals surface area contributed by atoms with E-state index < -0.39 is 42.1 Å². The number of aliphatic carboxylic acids is 3. The highest BCUT2D eigenvalue weighted by Crippen LogP contribution is 2.12. The molecule has 0 radical (unpaired) electrons. The smallest absolute Gasteiger partial charge is 0.366 e. The predicted octanol–water partition coefficient (Wildman–Crippen LogP) is 3.95. The first-order chi connectivity index (χ1) is 16.1. The van der Waals surface area contributed by atoms with Gasteiger partial charge in [-0.3, -0.25) is 4.79 Å². The van der Waals surface area contributed by atoms with Crippen molar-refractivity contribution in [2.45, 2.75) is 126 Å². The van der Waals surface area contributed by atoms with Crippen LogP contribution < -0.4 is 0 Å². The molecular weight excluding hydrogens is 483 g/mol. The maximum atomic E-state index is 12.0. The Labute approximate surface area is 214 Å². The predicted molar refractivity (Wildman–Crippen MR) is 132 cm³/mol. The second-order valence-corrected chi connectivity index (χ2v) is 8.99. The Morgan fingerprint density at radius 2 is 1.14 bits per heavy atom. The van der Waals surface area contributed by atoms with Gasteiger partial charge < -0.3 is 34.3 Å². The first kappa shape index (κ1) is 41.0. The van der Waals surface area contributed by atoms with E-state index in [1.54, 1.807) is 62.3 Å². The van der Waals surface area contributed by atoms with Crippen molar-refractivity contribution in [1.29, 1.82) is 0 Å². The highest BCUT2D eigenvalue weighted by Gasteiger charge is 2.25. The first-order valence-corrected chi connectivity index (χ1v) is 11.5. The second kappa shape index (κ2) is 22.1. The Balaban J connectivity index is -0.000000190. The number of ketones is 1. The van der Waals surface area contributed by atoms with Gasteiger partial charge in [0, 0.05) is 0 Å². The van der Waals surface area contributed by atoms with Crippen LogP contribution in [0.3, 0.4) is 0 Å². The van der Waals surface area contributed by atoms with E-state index in [-0.39, 0.29) is 30.7 Å². The molecule has 0 saturated heterocycles. The van der Waals surface area contributed by atoms with Gasteiger partial charge in [-0.05, 0) is 83.1 Å². The van der Waals surface area contributed by atoms with Crippen LogP contribution in [0, 0.1) is 0 Å². The maximum absolute atomic E-state index is 12.0. The van der Waals surface area contributed by atoms with Gasteiger partial charge in [-0.1, -0.05) is 0 Å². The summed E-state index contributed by atoms with van der Waals surface area (Å²) >= 11 is 0. The summed E-state index contributed by atoms with van der Waals surface area (Å²) in [6.07, 6.45) is -3.17. The summed E-state index contributed by atoms with van der Waals surface area (Å²) in [4.78, 5) is 40.5. The summed E-state index contributed by atoms with van der Waals surface area (Å²) in [7, 11) is 0. The molecule has 0 fully saturated rings. The molecule has 0 saturated carbocycles. The van der Waals surface area contributed by atoms with Gasteiger partial charge in [-0.15, -0.1) is 0 Å². The monoisotopic (exact) mass is 530 g/mol. The zero-order valence-electron chi connectivity index (χ0n) is 23.7. The molecule has 0 aliphatic rings. The minimum atomic E-state index is -2.19. The summed E-state index contributed by atoms with van der Waals surface area (Å²) in [6.45, 7) is 20.6. The van der Waals surface area contributed by atoms with Gasteiger partial charge in [0.15, 0.2) is 11.9 Å². The zero-order chi connectivity index (χ0) is 29.8. The molecule has 2 unspecified atom stereocenters. The summed E-state index contributed by atoms with van der Waals surface area (Å²) in [5.74, 6) is -3.34. The number of ether oxygens (including phenoxy) is 4. The van der Waals surface area contributed by atoms with Crippen molar-refractivity contribution in [2.24, 2.45) is 0 Å². The van der Waals surface area contributed by atoms with Crippen LogP contribution in [0.5, 0.6) is 0 Å². The van der Waals surface area contributed by atoms with Gasteiger partial charge in [0.2, 0.25) is 0 Å². The summed E-state index contributed by atoms with van der Waals surface area (Å²) < 4.78 is 31.2. The molecule has 0 amide bonds. The molecule has 0 aliphatic heterocycles. The Hall–Kier alpha value is -2.15. The molecular formula is C24H47FO11. The molecule has 0 heterocycles. The van der Waals surface area contributed by atoms with Gasteiger partial charge in [-0.25, -0.2) is 18.8 Å². The number of carbonyl (C=O) groups is 4. The van der Waals surface area contributed by atoms with Crippen LogP contribution in [0.15, 0.2) is 0 Å². The van der Waals surface area contributed by atoms with E-state index in [0.717, 1.165) is 0 Å². The van der Waals surface area contributed by atoms with E-state index in [2.05, 4.69) is 4.74 Å². The molecule has 0 spiro atoms. The fourth-order valence-electron chi connectivity index (χ4n) is 1.67. The fraction of sp³-hybridized carbons (Fsp3) is 0.833. The Morgan fingerprint density at radius 1 is 0.722 bits per heavy atom. The van der Waals surface area contributed by atoms with Crippen molar-refractivity contribution in [1.82, 2.24) is 0 Å². The van der Waals surface area contributed by atoms with Crippen molar-refractivity contribution < 1.29 is 57.8 Å². The van der Waals surface area contributed by atoms with E-state index in [9.17, 15) is 23.6 Å². The van der Waals surface area contributed by atoms with Crippen molar-refractivity contribution in [2.75, 3.05) is 6.61 Å². The van der Waals surface area contributed by atoms with Gasteiger partial charge in [0.25, 0.3) is 6.36 Å². The summed E-state index contributed by atoms with van der Waals surface area (Å²) in [6, 6.07) is 0. The maximum Gasteiger partial charge on any atom is 0.366 e. The largest absolute Gasteiger partial charge is 0.480 e. The SMILES string of the molecule is CC(=O)C(C)(C)OC(C)C.CC(C)OC(C)C(=O)O.CC(C)OC(F)C(=O)O.CC(C)OCC(=O)O. The normalized spacial score (nSPS) is 12.5. The van der Waals surface area contributed by atoms with Crippen LogP contribution in [0.1, 0.15) is 83.1 Å². The van der Waals surface area contributed by atoms with E-state index in [1.165, 1.54) is 6.92 Å². The molecule has 2 atom stereocenters. The lowest BCUT2D eigenvalue weighted by molar-refractivity contribution is -0.167. The van der Waals surface area contributed by atoms with Crippen LogP contribution >= 0.6 is 0 Å². The number of hydrogen-bond donors (Lipinski definition) is 3. The van der Waals surface area contributed by atoms with Gasteiger partial charge in [-0.2, -0.15) is 0 Å². The molecule has 0 aromatic carbocycles. The number of rotatable bonds is 12.